The molecule has 2 atom stereocenters. The van der Waals surface area contributed by atoms with Crippen molar-refractivity contribution in [2.45, 2.75) is 107 Å². The molecule has 1 saturated carbocycles. The molecule has 0 radical (unpaired) electrons. The van der Waals surface area contributed by atoms with Gasteiger partial charge in [0.25, 0.3) is 0 Å². The highest BCUT2D eigenvalue weighted by Crippen LogP contribution is 2.42. The van der Waals surface area contributed by atoms with Crippen molar-refractivity contribution in [1.82, 2.24) is 0 Å². The van der Waals surface area contributed by atoms with Gasteiger partial charge >= 0.3 is 0 Å². The molecule has 7 aromatic carbocycles. The third kappa shape index (κ3) is 9.24. The Bertz CT molecular complexity index is 2800. The third-order valence-electron chi connectivity index (χ3n) is 13.0. The fourth-order valence-electron chi connectivity index (χ4n) is 9.10. The van der Waals surface area contributed by atoms with Crippen LogP contribution in [0.25, 0.3) is 76.5 Å². The third-order valence-corrected chi connectivity index (χ3v) is 13.0. The Morgan fingerprint density at radius 1 is 0.533 bits per heavy atom. The van der Waals surface area contributed by atoms with Crippen LogP contribution in [-0.4, -0.2) is 0 Å². The number of rotatable bonds is 6. The van der Waals surface area contributed by atoms with Gasteiger partial charge in [0, 0.05) is 5.92 Å². The van der Waals surface area contributed by atoms with Crippen molar-refractivity contribution in [3.05, 3.63) is 156 Å². The summed E-state index contributed by atoms with van der Waals surface area (Å²) in [4.78, 5) is 0. The van der Waals surface area contributed by atoms with E-state index in [1.807, 2.05) is 0 Å². The van der Waals surface area contributed by atoms with Crippen LogP contribution in [0.2, 0.25) is 0 Å². The molecule has 3 aliphatic rings. The lowest BCUT2D eigenvalue weighted by atomic mass is 9.80. The lowest BCUT2D eigenvalue weighted by Crippen LogP contribution is -2.36. The van der Waals surface area contributed by atoms with Gasteiger partial charge in [0.2, 0.25) is 0 Å². The zero-order chi connectivity index (χ0) is 42.3. The van der Waals surface area contributed by atoms with E-state index < -0.39 is 0 Å². The largest absolute Gasteiger partial charge is 0.0767 e. The summed E-state index contributed by atoms with van der Waals surface area (Å²) in [5.74, 6) is 3.09. The smallest absolute Gasteiger partial charge is 0.00646 e. The molecule has 0 heterocycles. The Hall–Kier alpha value is -5.20. The van der Waals surface area contributed by atoms with E-state index in [1.54, 1.807) is 0 Å². The van der Waals surface area contributed by atoms with Gasteiger partial charge in [0.1, 0.15) is 0 Å². The molecule has 3 aliphatic carbocycles. The molecular formula is C60H68. The molecule has 0 heteroatoms. The second kappa shape index (κ2) is 19.5. The van der Waals surface area contributed by atoms with Crippen LogP contribution in [0.15, 0.2) is 140 Å². The van der Waals surface area contributed by atoms with Gasteiger partial charge in [-0.2, -0.15) is 0 Å². The van der Waals surface area contributed by atoms with Crippen LogP contribution in [0.3, 0.4) is 0 Å². The standard InChI is InChI=1S/C44H32.C9H20.C4H10.C3H6/c1-27-25-30-12-4-6-14-34(30)41-20-10-19-40(44(27)41)31-17-9-18-32(28(31)2)42-26-43-38-22-21-29-11-3-5-13-33(29)37(38)23-24-39(43)35-15-7-8-16-36(35)42;1-7(2)6-9(5)8(3)4;1-3-4-2;1-2-3-1/h3-24,26,30H,25H2,1-2H3;7-9H,6H2,1-5H3;3-4H2,1-2H3;1-3H2. The normalized spacial score (nSPS) is 15.6. The highest BCUT2D eigenvalue weighted by atomic mass is 14.2. The first-order valence-electron chi connectivity index (χ1n) is 23.2. The van der Waals surface area contributed by atoms with Crippen molar-refractivity contribution in [1.29, 1.82) is 0 Å². The second-order valence-electron chi connectivity index (χ2n) is 18.4. The molecule has 0 N–H and O–H groups in total. The molecule has 0 saturated heterocycles. The van der Waals surface area contributed by atoms with Gasteiger partial charge in [-0.1, -0.05) is 220 Å². The van der Waals surface area contributed by atoms with E-state index in [0.717, 1.165) is 24.2 Å². The van der Waals surface area contributed by atoms with Crippen LogP contribution in [0.1, 0.15) is 106 Å². The molecular weight excluding hydrogens is 721 g/mol. The van der Waals surface area contributed by atoms with Gasteiger partial charge in [0.05, 0.1) is 0 Å². The molecule has 60 heavy (non-hydrogen) atoms. The van der Waals surface area contributed by atoms with E-state index in [0.29, 0.717) is 5.92 Å². The molecule has 0 nitrogen and oxygen atoms in total. The fourth-order valence-corrected chi connectivity index (χ4v) is 9.10. The zero-order valence-electron chi connectivity index (χ0n) is 38.0. The van der Waals surface area contributed by atoms with Crippen LogP contribution in [0, 0.1) is 30.6 Å². The summed E-state index contributed by atoms with van der Waals surface area (Å²) in [5.41, 5.74) is 9.52. The minimum absolute atomic E-state index is 0.478. The summed E-state index contributed by atoms with van der Waals surface area (Å²) in [6, 6.07) is 43.1. The Balaban J connectivity index is 0.000000290. The fraction of sp³-hybridized carbons (Fsp3) is 0.333. The quantitative estimate of drug-likeness (QED) is 0.147. The predicted molar refractivity (Wildman–Crippen MR) is 268 cm³/mol. The Labute approximate surface area is 361 Å². The molecule has 2 unspecified atom stereocenters. The summed E-state index contributed by atoms with van der Waals surface area (Å²) in [6.45, 7) is 20.5. The highest BCUT2D eigenvalue weighted by molar-refractivity contribution is 6.24. The Kier molecular flexibility index (Phi) is 13.9. The molecule has 10 rings (SSSR count). The van der Waals surface area contributed by atoms with Crippen LogP contribution < -0.4 is 10.4 Å². The average Bonchev–Trinajstić information content (AvgIpc) is 4.16. The summed E-state index contributed by atoms with van der Waals surface area (Å²) in [5, 5.41) is 13.2. The number of allylic oxidation sites excluding steroid dienone is 4. The second-order valence-corrected chi connectivity index (χ2v) is 18.4. The lowest BCUT2D eigenvalue weighted by molar-refractivity contribution is 0.344. The lowest BCUT2D eigenvalue weighted by Gasteiger charge is -2.24. The number of unbranched alkanes of at least 4 members (excludes halogenated alkanes) is 1. The molecule has 308 valence electrons. The first-order valence-corrected chi connectivity index (χ1v) is 23.2. The van der Waals surface area contributed by atoms with E-state index in [9.17, 15) is 0 Å². The molecule has 0 aliphatic heterocycles. The van der Waals surface area contributed by atoms with Crippen molar-refractivity contribution in [2.24, 2.45) is 23.7 Å². The van der Waals surface area contributed by atoms with Crippen molar-refractivity contribution in [3.63, 3.8) is 0 Å². The monoisotopic (exact) mass is 789 g/mol. The first kappa shape index (κ1) is 42.9. The molecule has 7 aromatic rings. The number of benzene rings is 7. The number of hydrogen-bond donors (Lipinski definition) is 0. The molecule has 1 fully saturated rings. The van der Waals surface area contributed by atoms with Crippen molar-refractivity contribution in [3.8, 4) is 22.3 Å². The van der Waals surface area contributed by atoms with Crippen LogP contribution >= 0.6 is 0 Å². The first-order chi connectivity index (χ1) is 29.1. The summed E-state index contributed by atoms with van der Waals surface area (Å²) in [7, 11) is 0. The molecule has 0 aromatic heterocycles. The summed E-state index contributed by atoms with van der Waals surface area (Å²) < 4.78 is 0. The molecule has 0 amide bonds. The molecule has 0 bridgehead atoms. The van der Waals surface area contributed by atoms with E-state index >= 15 is 0 Å². The Morgan fingerprint density at radius 3 is 1.73 bits per heavy atom. The molecule has 0 spiro atoms. The van der Waals surface area contributed by atoms with Gasteiger partial charge in [-0.15, -0.1) is 0 Å². The van der Waals surface area contributed by atoms with Gasteiger partial charge in [0.15, 0.2) is 0 Å². The highest BCUT2D eigenvalue weighted by Gasteiger charge is 2.21. The van der Waals surface area contributed by atoms with Crippen LogP contribution in [0.5, 0.6) is 0 Å². The van der Waals surface area contributed by atoms with Gasteiger partial charge in [-0.3, -0.25) is 0 Å². The van der Waals surface area contributed by atoms with Gasteiger partial charge < -0.3 is 0 Å². The maximum Gasteiger partial charge on any atom is 0.00646 e. The van der Waals surface area contributed by atoms with Crippen molar-refractivity contribution in [2.75, 3.05) is 0 Å². The van der Waals surface area contributed by atoms with Gasteiger partial charge in [-0.05, 0) is 137 Å². The minimum atomic E-state index is 0.478. The SMILES string of the molecule is C1CC1.CC(C)CC(C)C(C)C.CC1=c2c(-c3cccc(-c4cc5c(ccc6c7ccccc7ccc65)c5ccccc45)c3C)cccc2=C2C=CC=CC2C1.CCCC. The Morgan fingerprint density at radius 2 is 1.10 bits per heavy atom. The summed E-state index contributed by atoms with van der Waals surface area (Å²) in [6.07, 6.45) is 18.7. The van der Waals surface area contributed by atoms with Crippen LogP contribution in [-0.2, 0) is 0 Å². The van der Waals surface area contributed by atoms with E-state index in [-0.39, 0.29) is 0 Å². The minimum Gasteiger partial charge on any atom is -0.0767 e. The average molecular weight is 789 g/mol. The maximum absolute atomic E-state index is 2.46. The van der Waals surface area contributed by atoms with Crippen molar-refractivity contribution < 1.29 is 0 Å². The number of fused-ring (bicyclic) bond motifs is 9. The van der Waals surface area contributed by atoms with Crippen LogP contribution in [0.4, 0.5) is 0 Å². The summed E-state index contributed by atoms with van der Waals surface area (Å²) >= 11 is 0. The zero-order valence-corrected chi connectivity index (χ0v) is 38.0. The van der Waals surface area contributed by atoms with Gasteiger partial charge in [-0.25, -0.2) is 0 Å². The van der Waals surface area contributed by atoms with E-state index in [4.69, 9.17) is 0 Å². The maximum atomic E-state index is 2.46. The van der Waals surface area contributed by atoms with E-state index in [1.165, 1.54) is 131 Å². The topological polar surface area (TPSA) is 0 Å². The number of hydrogen-bond acceptors (Lipinski definition) is 0. The predicted octanol–water partition coefficient (Wildman–Crippen LogP) is 16.7. The van der Waals surface area contributed by atoms with Crippen molar-refractivity contribution >= 4 is 54.2 Å². The van der Waals surface area contributed by atoms with E-state index in [2.05, 4.69) is 202 Å².